The maximum Gasteiger partial charge on any atom is 0.153 e. The summed E-state index contributed by atoms with van der Waals surface area (Å²) in [5.41, 5.74) is 0.186. The fourth-order valence-corrected chi connectivity index (χ4v) is 2.81. The zero-order chi connectivity index (χ0) is 15.2. The van der Waals surface area contributed by atoms with E-state index in [0.717, 1.165) is 11.1 Å². The second-order valence-electron chi connectivity index (χ2n) is 4.46. The number of ether oxygens (including phenoxy) is 1. The van der Waals surface area contributed by atoms with Crippen molar-refractivity contribution in [2.24, 2.45) is 0 Å². The van der Waals surface area contributed by atoms with Gasteiger partial charge >= 0.3 is 0 Å². The Bertz CT molecular complexity index is 485. The SMILES string of the molecule is ClC(OC(Cl)C(Cl)c1ccccc1)C(Cl)c1ccccc1. The minimum Gasteiger partial charge on any atom is -0.340 e. The highest BCUT2D eigenvalue weighted by Crippen LogP contribution is 2.35. The lowest BCUT2D eigenvalue weighted by Crippen LogP contribution is -2.21. The number of hydrogen-bond donors (Lipinski definition) is 0. The fourth-order valence-electron chi connectivity index (χ4n) is 1.84. The molecule has 0 amide bonds. The molecule has 0 spiro atoms. The van der Waals surface area contributed by atoms with Gasteiger partial charge in [-0.2, -0.15) is 0 Å². The van der Waals surface area contributed by atoms with Gasteiger partial charge in [-0.3, -0.25) is 0 Å². The minimum absolute atomic E-state index is 0.506. The fraction of sp³-hybridized carbons (Fsp3) is 0.250. The monoisotopic (exact) mass is 362 g/mol. The highest BCUT2D eigenvalue weighted by atomic mass is 35.5. The molecule has 0 radical (unpaired) electrons. The minimum atomic E-state index is -0.776. The van der Waals surface area contributed by atoms with Crippen LogP contribution in [-0.2, 0) is 4.74 Å². The molecule has 21 heavy (non-hydrogen) atoms. The smallest absolute Gasteiger partial charge is 0.153 e. The van der Waals surface area contributed by atoms with E-state index in [1.807, 2.05) is 60.7 Å². The van der Waals surface area contributed by atoms with E-state index < -0.39 is 21.9 Å². The van der Waals surface area contributed by atoms with E-state index in [9.17, 15) is 0 Å². The number of alkyl halides is 4. The van der Waals surface area contributed by atoms with Gasteiger partial charge in [0.15, 0.2) is 11.1 Å². The predicted molar refractivity (Wildman–Crippen MR) is 90.4 cm³/mol. The second-order valence-corrected chi connectivity index (χ2v) is 6.26. The Morgan fingerprint density at radius 1 is 0.571 bits per heavy atom. The third kappa shape index (κ3) is 4.77. The first-order chi connectivity index (χ1) is 10.1. The van der Waals surface area contributed by atoms with Crippen LogP contribution < -0.4 is 0 Å². The number of rotatable bonds is 6. The summed E-state index contributed by atoms with van der Waals surface area (Å²) in [7, 11) is 0. The molecule has 0 N–H and O–H groups in total. The number of halogens is 4. The van der Waals surface area contributed by atoms with Gasteiger partial charge in [0.25, 0.3) is 0 Å². The molecule has 2 aromatic rings. The summed E-state index contributed by atoms with van der Waals surface area (Å²) in [5, 5.41) is -1.01. The van der Waals surface area contributed by atoms with Crippen LogP contribution in [0.15, 0.2) is 60.7 Å². The maximum atomic E-state index is 6.29. The van der Waals surface area contributed by atoms with Crippen molar-refractivity contribution in [2.75, 3.05) is 0 Å². The molecule has 0 heterocycles. The molecule has 0 aromatic heterocycles. The lowest BCUT2D eigenvalue weighted by molar-refractivity contribution is 0.0767. The van der Waals surface area contributed by atoms with E-state index in [1.54, 1.807) is 0 Å². The first-order valence-electron chi connectivity index (χ1n) is 6.41. The lowest BCUT2D eigenvalue weighted by atomic mass is 10.1. The van der Waals surface area contributed by atoms with E-state index in [-0.39, 0.29) is 0 Å². The summed E-state index contributed by atoms with van der Waals surface area (Å²) in [5.74, 6) is 0. The van der Waals surface area contributed by atoms with Crippen molar-refractivity contribution in [2.45, 2.75) is 21.9 Å². The van der Waals surface area contributed by atoms with Gasteiger partial charge in [0.1, 0.15) is 0 Å². The van der Waals surface area contributed by atoms with E-state index in [0.29, 0.717) is 0 Å². The van der Waals surface area contributed by atoms with Crippen LogP contribution in [0, 0.1) is 0 Å². The molecular weight excluding hydrogens is 350 g/mol. The number of benzene rings is 2. The highest BCUT2D eigenvalue weighted by molar-refractivity contribution is 6.31. The largest absolute Gasteiger partial charge is 0.340 e. The van der Waals surface area contributed by atoms with E-state index >= 15 is 0 Å². The zero-order valence-corrected chi connectivity index (χ0v) is 14.0. The Kier molecular flexibility index (Phi) is 6.66. The van der Waals surface area contributed by atoms with Gasteiger partial charge in [0, 0.05) is 0 Å². The molecule has 0 aliphatic heterocycles. The van der Waals surface area contributed by atoms with Gasteiger partial charge in [0.2, 0.25) is 0 Å². The van der Waals surface area contributed by atoms with Crippen molar-refractivity contribution in [3.8, 4) is 0 Å². The van der Waals surface area contributed by atoms with Crippen molar-refractivity contribution in [1.29, 1.82) is 0 Å². The molecule has 0 bridgehead atoms. The summed E-state index contributed by atoms with van der Waals surface area (Å²) in [6.07, 6.45) is 0. The molecule has 0 saturated carbocycles. The molecule has 4 unspecified atom stereocenters. The second kappa shape index (κ2) is 8.26. The first kappa shape index (κ1) is 16.9. The van der Waals surface area contributed by atoms with Crippen molar-refractivity contribution < 1.29 is 4.74 Å². The third-order valence-electron chi connectivity index (χ3n) is 2.96. The van der Waals surface area contributed by atoms with Gasteiger partial charge in [-0.1, -0.05) is 83.9 Å². The molecule has 2 rings (SSSR count). The quantitative estimate of drug-likeness (QED) is 0.564. The summed E-state index contributed by atoms with van der Waals surface area (Å²) in [4.78, 5) is 0. The lowest BCUT2D eigenvalue weighted by Gasteiger charge is -2.23. The Morgan fingerprint density at radius 3 is 1.24 bits per heavy atom. The standard InChI is InChI=1S/C16H14Cl4O/c17-13(11-7-3-1-4-8-11)15(19)21-16(20)14(18)12-9-5-2-6-10-12/h1-10,13-16H. The molecule has 2 aromatic carbocycles. The molecule has 5 heteroatoms. The van der Waals surface area contributed by atoms with Crippen molar-refractivity contribution in [1.82, 2.24) is 0 Å². The van der Waals surface area contributed by atoms with Crippen molar-refractivity contribution in [3.05, 3.63) is 71.8 Å². The molecule has 1 nitrogen and oxygen atoms in total. The van der Waals surface area contributed by atoms with Crippen molar-refractivity contribution in [3.63, 3.8) is 0 Å². The summed E-state index contributed by atoms with van der Waals surface area (Å²) < 4.78 is 5.55. The Labute approximate surface area is 144 Å². The van der Waals surface area contributed by atoms with Crippen LogP contribution in [0.2, 0.25) is 0 Å². The first-order valence-corrected chi connectivity index (χ1v) is 8.16. The van der Waals surface area contributed by atoms with E-state index in [1.165, 1.54) is 0 Å². The molecule has 0 aliphatic carbocycles. The van der Waals surface area contributed by atoms with E-state index in [2.05, 4.69) is 0 Å². The van der Waals surface area contributed by atoms with Crippen LogP contribution in [-0.4, -0.2) is 11.1 Å². The van der Waals surface area contributed by atoms with Gasteiger partial charge in [-0.05, 0) is 11.1 Å². The van der Waals surface area contributed by atoms with Crippen LogP contribution in [0.4, 0.5) is 0 Å². The summed E-state index contributed by atoms with van der Waals surface area (Å²) in [6.45, 7) is 0. The maximum absolute atomic E-state index is 6.29. The van der Waals surface area contributed by atoms with E-state index in [4.69, 9.17) is 51.1 Å². The highest BCUT2D eigenvalue weighted by Gasteiger charge is 2.27. The van der Waals surface area contributed by atoms with Crippen LogP contribution in [0.3, 0.4) is 0 Å². The summed E-state index contributed by atoms with van der Waals surface area (Å²) >= 11 is 25.0. The van der Waals surface area contributed by atoms with Gasteiger partial charge in [-0.25, -0.2) is 0 Å². The van der Waals surface area contributed by atoms with Crippen LogP contribution >= 0.6 is 46.4 Å². The third-order valence-corrected chi connectivity index (χ3v) is 4.89. The molecule has 4 atom stereocenters. The molecule has 112 valence electrons. The molecule has 0 aliphatic rings. The normalized spacial score (nSPS) is 17.0. The van der Waals surface area contributed by atoms with Crippen molar-refractivity contribution >= 4 is 46.4 Å². The van der Waals surface area contributed by atoms with Crippen LogP contribution in [0.25, 0.3) is 0 Å². The van der Waals surface area contributed by atoms with Gasteiger partial charge < -0.3 is 4.74 Å². The topological polar surface area (TPSA) is 9.23 Å². The Hall–Kier alpha value is -0.440. The van der Waals surface area contributed by atoms with Crippen LogP contribution in [0.5, 0.6) is 0 Å². The Balaban J connectivity index is 1.97. The predicted octanol–water partition coefficient (Wildman–Crippen LogP) is 6.09. The molecule has 0 saturated heterocycles. The average Bonchev–Trinajstić information content (AvgIpc) is 2.55. The van der Waals surface area contributed by atoms with Gasteiger partial charge in [-0.15, -0.1) is 23.2 Å². The average molecular weight is 364 g/mol. The number of hydrogen-bond acceptors (Lipinski definition) is 1. The molecule has 0 fully saturated rings. The zero-order valence-electron chi connectivity index (χ0n) is 11.0. The van der Waals surface area contributed by atoms with Crippen LogP contribution in [0.1, 0.15) is 21.9 Å². The summed E-state index contributed by atoms with van der Waals surface area (Å²) in [6, 6.07) is 18.9. The Morgan fingerprint density at radius 2 is 0.905 bits per heavy atom. The molecular formula is C16H14Cl4O. The van der Waals surface area contributed by atoms with Gasteiger partial charge in [0.05, 0.1) is 10.8 Å².